The van der Waals surface area contributed by atoms with Gasteiger partial charge in [-0.2, -0.15) is 0 Å². The minimum Gasteiger partial charge on any atom is -0.480 e. The number of carboxylic acid groups (broad SMARTS) is 1. The topological polar surface area (TPSA) is 66.8 Å². The second-order valence-corrected chi connectivity index (χ2v) is 14.2. The Morgan fingerprint density at radius 2 is 1.88 bits per heavy atom. The Balaban J connectivity index is 2.19. The molecule has 26 heavy (non-hydrogen) atoms. The molecule has 1 heterocycles. The molecule has 1 aliphatic rings. The summed E-state index contributed by atoms with van der Waals surface area (Å²) in [7, 11) is -2.01. The van der Waals surface area contributed by atoms with Gasteiger partial charge in [-0.05, 0) is 37.2 Å². The standard InChI is InChI=1S/C19H29NO4SSi/c1-13(24-26(5,6)19(2,3)4)16-17(23)20(12-15(21)22)18(16)25-14-10-8-7-9-11-14/h7-11,13,16,18H,12H2,1-6H3,(H,21,22)/t13-,16+,18-/m1/s1. The van der Waals surface area contributed by atoms with Crippen molar-refractivity contribution in [1.82, 2.24) is 4.90 Å². The lowest BCUT2D eigenvalue weighted by atomic mass is 9.93. The van der Waals surface area contributed by atoms with E-state index in [9.17, 15) is 9.59 Å². The lowest BCUT2D eigenvalue weighted by Crippen LogP contribution is -2.65. The van der Waals surface area contributed by atoms with E-state index in [1.807, 2.05) is 37.3 Å². The third-order valence-corrected chi connectivity index (χ3v) is 11.2. The van der Waals surface area contributed by atoms with Crippen LogP contribution in [0.1, 0.15) is 27.7 Å². The number of amides is 1. The molecule has 0 aliphatic carbocycles. The number of aliphatic carboxylic acids is 1. The third kappa shape index (κ3) is 4.50. The first-order valence-electron chi connectivity index (χ1n) is 8.86. The summed E-state index contributed by atoms with van der Waals surface area (Å²) in [5, 5.41) is 8.97. The van der Waals surface area contributed by atoms with E-state index in [-0.39, 0.29) is 34.9 Å². The number of nitrogens with zero attached hydrogens (tertiary/aromatic N) is 1. The quantitative estimate of drug-likeness (QED) is 0.557. The van der Waals surface area contributed by atoms with Crippen LogP contribution < -0.4 is 0 Å². The number of rotatable bonds is 7. The molecule has 1 aliphatic heterocycles. The van der Waals surface area contributed by atoms with Gasteiger partial charge in [-0.15, -0.1) is 11.8 Å². The molecule has 144 valence electrons. The summed E-state index contributed by atoms with van der Waals surface area (Å²) in [5.74, 6) is -1.45. The van der Waals surface area contributed by atoms with Crippen LogP contribution in [0.5, 0.6) is 0 Å². The molecular formula is C19H29NO4SSi. The predicted molar refractivity (Wildman–Crippen MR) is 107 cm³/mol. The summed E-state index contributed by atoms with van der Waals surface area (Å²) in [5.41, 5.74) is 0. The zero-order valence-corrected chi connectivity index (χ0v) is 18.2. The first kappa shape index (κ1) is 21.0. The third-order valence-electron chi connectivity index (χ3n) is 5.28. The van der Waals surface area contributed by atoms with Crippen molar-refractivity contribution in [1.29, 1.82) is 0 Å². The zero-order chi connectivity index (χ0) is 19.7. The van der Waals surface area contributed by atoms with Gasteiger partial charge in [0.1, 0.15) is 6.54 Å². The summed E-state index contributed by atoms with van der Waals surface area (Å²) < 4.78 is 6.43. The Morgan fingerprint density at radius 3 is 2.38 bits per heavy atom. The van der Waals surface area contributed by atoms with Crippen molar-refractivity contribution in [3.8, 4) is 0 Å². The second kappa shape index (κ2) is 7.74. The molecule has 5 nitrogen and oxygen atoms in total. The van der Waals surface area contributed by atoms with Gasteiger partial charge in [-0.25, -0.2) is 0 Å². The highest BCUT2D eigenvalue weighted by atomic mass is 32.2. The van der Waals surface area contributed by atoms with Crippen LogP contribution in [-0.4, -0.2) is 48.2 Å². The van der Waals surface area contributed by atoms with E-state index in [0.717, 1.165) is 4.90 Å². The molecule has 0 radical (unpaired) electrons. The van der Waals surface area contributed by atoms with E-state index in [0.29, 0.717) is 0 Å². The summed E-state index contributed by atoms with van der Waals surface area (Å²) >= 11 is 1.53. The van der Waals surface area contributed by atoms with Crippen molar-refractivity contribution in [3.63, 3.8) is 0 Å². The van der Waals surface area contributed by atoms with E-state index in [2.05, 4.69) is 33.9 Å². The molecule has 7 heteroatoms. The van der Waals surface area contributed by atoms with Crippen LogP contribution in [0.4, 0.5) is 0 Å². The van der Waals surface area contributed by atoms with E-state index >= 15 is 0 Å². The zero-order valence-electron chi connectivity index (χ0n) is 16.4. The Labute approximate surface area is 161 Å². The first-order chi connectivity index (χ1) is 11.9. The minimum atomic E-state index is -2.01. The molecule has 1 aromatic rings. The largest absolute Gasteiger partial charge is 0.480 e. The average Bonchev–Trinajstić information content (AvgIpc) is 2.51. The Kier molecular flexibility index (Phi) is 6.25. The van der Waals surface area contributed by atoms with Crippen LogP contribution in [0.15, 0.2) is 35.2 Å². The smallest absolute Gasteiger partial charge is 0.323 e. The van der Waals surface area contributed by atoms with Crippen LogP contribution in [0.2, 0.25) is 18.1 Å². The van der Waals surface area contributed by atoms with Gasteiger partial charge in [0.25, 0.3) is 0 Å². The van der Waals surface area contributed by atoms with Gasteiger partial charge in [-0.1, -0.05) is 39.0 Å². The summed E-state index contributed by atoms with van der Waals surface area (Å²) in [4.78, 5) is 26.3. The number of carbonyl (C=O) groups is 2. The minimum absolute atomic E-state index is 0.0525. The number of carboxylic acids is 1. The monoisotopic (exact) mass is 395 g/mol. The molecule has 2 rings (SSSR count). The van der Waals surface area contributed by atoms with Gasteiger partial charge in [-0.3, -0.25) is 9.59 Å². The van der Waals surface area contributed by atoms with Crippen LogP contribution in [0, 0.1) is 5.92 Å². The first-order valence-corrected chi connectivity index (χ1v) is 12.6. The lowest BCUT2D eigenvalue weighted by Gasteiger charge is -2.50. The number of β-lactam (4-membered cyclic amide) rings is 1. The van der Waals surface area contributed by atoms with Crippen molar-refractivity contribution in [2.24, 2.45) is 5.92 Å². The maximum absolute atomic E-state index is 12.7. The van der Waals surface area contributed by atoms with Crippen molar-refractivity contribution >= 4 is 32.0 Å². The van der Waals surface area contributed by atoms with Gasteiger partial charge >= 0.3 is 5.97 Å². The Bertz CT molecular complexity index is 659. The van der Waals surface area contributed by atoms with Crippen molar-refractivity contribution in [3.05, 3.63) is 30.3 Å². The SMILES string of the molecule is C[C@@H](O[Si](C)(C)C(C)(C)C)[C@H]1C(=O)N(CC(=O)O)[C@@H]1Sc1ccccc1. The summed E-state index contributed by atoms with van der Waals surface area (Å²) in [6.07, 6.45) is -0.241. The summed E-state index contributed by atoms with van der Waals surface area (Å²) in [6.45, 7) is 12.5. The highest BCUT2D eigenvalue weighted by Gasteiger charge is 2.53. The fourth-order valence-corrected chi connectivity index (χ4v) is 5.60. The molecule has 0 unspecified atom stereocenters. The van der Waals surface area contributed by atoms with E-state index in [1.54, 1.807) is 0 Å². The molecule has 1 amide bonds. The molecular weight excluding hydrogens is 366 g/mol. The molecule has 0 spiro atoms. The Morgan fingerprint density at radius 1 is 1.31 bits per heavy atom. The number of carbonyl (C=O) groups excluding carboxylic acids is 1. The maximum Gasteiger partial charge on any atom is 0.323 e. The van der Waals surface area contributed by atoms with Crippen LogP contribution in [0.25, 0.3) is 0 Å². The van der Waals surface area contributed by atoms with E-state index in [4.69, 9.17) is 9.53 Å². The number of benzene rings is 1. The Hall–Kier alpha value is -1.31. The van der Waals surface area contributed by atoms with Gasteiger partial charge in [0.05, 0.1) is 17.4 Å². The maximum atomic E-state index is 12.7. The van der Waals surface area contributed by atoms with Crippen molar-refractivity contribution < 1.29 is 19.1 Å². The molecule has 1 aromatic carbocycles. The molecule has 1 saturated heterocycles. The van der Waals surface area contributed by atoms with Gasteiger partial charge in [0.15, 0.2) is 8.32 Å². The molecule has 1 fully saturated rings. The summed E-state index contributed by atoms with van der Waals surface area (Å²) in [6, 6.07) is 9.77. The van der Waals surface area contributed by atoms with Gasteiger partial charge < -0.3 is 14.4 Å². The van der Waals surface area contributed by atoms with Crippen molar-refractivity contribution in [2.75, 3.05) is 6.54 Å². The van der Waals surface area contributed by atoms with Crippen LogP contribution >= 0.6 is 11.8 Å². The molecule has 0 saturated carbocycles. The highest BCUT2D eigenvalue weighted by molar-refractivity contribution is 8.00. The fourth-order valence-electron chi connectivity index (χ4n) is 2.79. The molecule has 0 bridgehead atoms. The number of likely N-dealkylation sites (tertiary alicyclic amines) is 1. The number of hydrogen-bond donors (Lipinski definition) is 1. The molecule has 1 N–H and O–H groups in total. The normalized spacial score (nSPS) is 22.1. The predicted octanol–water partition coefficient (Wildman–Crippen LogP) is 4.06. The number of hydrogen-bond acceptors (Lipinski definition) is 4. The molecule has 0 aromatic heterocycles. The second-order valence-electron chi connectivity index (χ2n) is 8.29. The van der Waals surface area contributed by atoms with Crippen LogP contribution in [-0.2, 0) is 14.0 Å². The average molecular weight is 396 g/mol. The highest BCUT2D eigenvalue weighted by Crippen LogP contribution is 2.44. The lowest BCUT2D eigenvalue weighted by molar-refractivity contribution is -0.162. The fraction of sp³-hybridized carbons (Fsp3) is 0.579. The van der Waals surface area contributed by atoms with Crippen LogP contribution in [0.3, 0.4) is 0 Å². The van der Waals surface area contributed by atoms with Gasteiger partial charge in [0.2, 0.25) is 5.91 Å². The van der Waals surface area contributed by atoms with Crippen molar-refractivity contribution in [2.45, 2.75) is 62.2 Å². The molecule has 3 atom stereocenters. The van der Waals surface area contributed by atoms with E-state index < -0.39 is 14.3 Å². The van der Waals surface area contributed by atoms with Gasteiger partial charge in [0, 0.05) is 4.90 Å². The van der Waals surface area contributed by atoms with E-state index in [1.165, 1.54) is 16.7 Å². The number of thioether (sulfide) groups is 1.